The van der Waals surface area contributed by atoms with Crippen LogP contribution in [-0.2, 0) is 20.0 Å². The summed E-state index contributed by atoms with van der Waals surface area (Å²) >= 11 is 1.33. The predicted molar refractivity (Wildman–Crippen MR) is 98.9 cm³/mol. The highest BCUT2D eigenvalue weighted by Crippen LogP contribution is 2.29. The van der Waals surface area contributed by atoms with Crippen molar-refractivity contribution in [3.63, 3.8) is 0 Å². The first-order valence-electron chi connectivity index (χ1n) is 8.30. The number of hydrogen-bond acceptors (Lipinski definition) is 6. The molecule has 8 nitrogen and oxygen atoms in total. The number of fused-ring (bicyclic) bond motifs is 1. The molecule has 0 aromatic carbocycles. The van der Waals surface area contributed by atoms with Crippen molar-refractivity contribution in [2.45, 2.75) is 13.0 Å². The number of amides is 2. The van der Waals surface area contributed by atoms with E-state index in [0.717, 1.165) is 10.6 Å². The summed E-state index contributed by atoms with van der Waals surface area (Å²) in [4.78, 5) is 44.0. The summed E-state index contributed by atoms with van der Waals surface area (Å²) in [6.07, 6.45) is 4.99. The first-order chi connectivity index (χ1) is 13.0. The molecule has 1 aliphatic heterocycles. The molecule has 0 saturated heterocycles. The topological polar surface area (TPSA) is 97.4 Å². The van der Waals surface area contributed by atoms with E-state index >= 15 is 0 Å². The molecule has 9 heteroatoms. The molecular weight excluding hydrogens is 368 g/mol. The van der Waals surface area contributed by atoms with Crippen LogP contribution < -0.4 is 10.9 Å². The Morgan fingerprint density at radius 1 is 1.33 bits per heavy atom. The van der Waals surface area contributed by atoms with Crippen molar-refractivity contribution in [2.75, 3.05) is 11.9 Å². The summed E-state index contributed by atoms with van der Waals surface area (Å²) in [5, 5.41) is 3.23. The van der Waals surface area contributed by atoms with Crippen molar-refractivity contribution in [3.05, 3.63) is 69.0 Å². The number of furan rings is 1. The SMILES string of the molecule is Cn1cccc(C(=O)N2CCc3nc(NC(=O)c4ccoc4)sc3C2)c1=O. The fourth-order valence-corrected chi connectivity index (χ4v) is 3.93. The number of aryl methyl sites for hydroxylation is 1. The van der Waals surface area contributed by atoms with Crippen LogP contribution in [0.2, 0.25) is 0 Å². The van der Waals surface area contributed by atoms with E-state index in [0.29, 0.717) is 30.2 Å². The van der Waals surface area contributed by atoms with Gasteiger partial charge in [-0.05, 0) is 18.2 Å². The molecule has 3 aromatic heterocycles. The van der Waals surface area contributed by atoms with Crippen molar-refractivity contribution in [1.82, 2.24) is 14.5 Å². The standard InChI is InChI=1S/C18H16N4O4S/c1-21-6-2-3-12(16(21)24)17(25)22-7-4-13-14(9-22)27-18(19-13)20-15(23)11-5-8-26-10-11/h2-3,5-6,8,10H,4,7,9H2,1H3,(H,19,20,23). The van der Waals surface area contributed by atoms with Gasteiger partial charge in [0.25, 0.3) is 17.4 Å². The van der Waals surface area contributed by atoms with Crippen LogP contribution >= 0.6 is 11.3 Å². The minimum Gasteiger partial charge on any atom is -0.472 e. The fourth-order valence-electron chi connectivity index (χ4n) is 2.92. The van der Waals surface area contributed by atoms with Gasteiger partial charge in [-0.1, -0.05) is 11.3 Å². The molecule has 3 aromatic rings. The summed E-state index contributed by atoms with van der Waals surface area (Å²) in [5.41, 5.74) is 1.12. The van der Waals surface area contributed by atoms with Gasteiger partial charge in [-0.3, -0.25) is 19.7 Å². The monoisotopic (exact) mass is 384 g/mol. The largest absolute Gasteiger partial charge is 0.472 e. The number of rotatable bonds is 3. The van der Waals surface area contributed by atoms with Gasteiger partial charge in [0.05, 0.1) is 24.1 Å². The van der Waals surface area contributed by atoms with Gasteiger partial charge in [0.1, 0.15) is 11.8 Å². The number of nitrogens with zero attached hydrogens (tertiary/aromatic N) is 3. The number of pyridine rings is 1. The predicted octanol–water partition coefficient (Wildman–Crippen LogP) is 1.89. The molecule has 0 fully saturated rings. The molecule has 1 aliphatic rings. The number of nitrogens with one attached hydrogen (secondary N) is 1. The van der Waals surface area contributed by atoms with Gasteiger partial charge in [-0.2, -0.15) is 0 Å². The summed E-state index contributed by atoms with van der Waals surface area (Å²) in [6, 6.07) is 4.80. The van der Waals surface area contributed by atoms with Crippen LogP contribution in [0.25, 0.3) is 0 Å². The number of anilines is 1. The Bertz CT molecular complexity index is 1070. The summed E-state index contributed by atoms with van der Waals surface area (Å²) in [6.45, 7) is 0.841. The number of carbonyl (C=O) groups excluding carboxylic acids is 2. The van der Waals surface area contributed by atoms with Gasteiger partial charge in [-0.15, -0.1) is 0 Å². The van der Waals surface area contributed by atoms with Gasteiger partial charge in [0.15, 0.2) is 5.13 Å². The van der Waals surface area contributed by atoms with E-state index in [2.05, 4.69) is 10.3 Å². The quantitative estimate of drug-likeness (QED) is 0.744. The molecule has 0 bridgehead atoms. The lowest BCUT2D eigenvalue weighted by Gasteiger charge is -2.25. The highest BCUT2D eigenvalue weighted by atomic mass is 32.1. The lowest BCUT2D eigenvalue weighted by molar-refractivity contribution is 0.0733. The molecule has 2 amide bonds. The van der Waals surface area contributed by atoms with Crippen LogP contribution in [0.15, 0.2) is 46.1 Å². The molecule has 0 aliphatic carbocycles. The zero-order chi connectivity index (χ0) is 19.0. The molecule has 1 N–H and O–H groups in total. The Morgan fingerprint density at radius 2 is 2.19 bits per heavy atom. The maximum atomic E-state index is 12.7. The smallest absolute Gasteiger partial charge is 0.263 e. The van der Waals surface area contributed by atoms with E-state index in [4.69, 9.17) is 4.42 Å². The van der Waals surface area contributed by atoms with E-state index in [1.54, 1.807) is 36.3 Å². The van der Waals surface area contributed by atoms with E-state index in [1.807, 2.05) is 0 Å². The normalized spacial score (nSPS) is 13.3. The van der Waals surface area contributed by atoms with E-state index in [-0.39, 0.29) is 22.9 Å². The van der Waals surface area contributed by atoms with Crippen molar-refractivity contribution in [2.24, 2.45) is 7.05 Å². The zero-order valence-corrected chi connectivity index (χ0v) is 15.3. The summed E-state index contributed by atoms with van der Waals surface area (Å²) in [7, 11) is 1.62. The minimum atomic E-state index is -0.314. The number of hydrogen-bond donors (Lipinski definition) is 1. The molecule has 0 saturated carbocycles. The maximum absolute atomic E-state index is 12.7. The Balaban J connectivity index is 1.51. The highest BCUT2D eigenvalue weighted by molar-refractivity contribution is 7.15. The lowest BCUT2D eigenvalue weighted by Crippen LogP contribution is -2.39. The summed E-state index contributed by atoms with van der Waals surface area (Å²) < 4.78 is 6.29. The van der Waals surface area contributed by atoms with Crippen LogP contribution in [0.5, 0.6) is 0 Å². The van der Waals surface area contributed by atoms with Gasteiger partial charge in [0.2, 0.25) is 0 Å². The van der Waals surface area contributed by atoms with E-state index in [1.165, 1.54) is 28.4 Å². The fraction of sp³-hybridized carbons (Fsp3) is 0.222. The minimum absolute atomic E-state index is 0.154. The van der Waals surface area contributed by atoms with E-state index in [9.17, 15) is 14.4 Å². The van der Waals surface area contributed by atoms with Crippen LogP contribution in [-0.4, -0.2) is 32.8 Å². The summed E-state index contributed by atoms with van der Waals surface area (Å²) in [5.74, 6) is -0.588. The van der Waals surface area contributed by atoms with Crippen molar-refractivity contribution >= 4 is 28.3 Å². The average molecular weight is 384 g/mol. The van der Waals surface area contributed by atoms with Crippen molar-refractivity contribution in [1.29, 1.82) is 0 Å². The molecule has 0 spiro atoms. The molecular formula is C18H16N4O4S. The lowest BCUT2D eigenvalue weighted by atomic mass is 10.1. The number of carbonyl (C=O) groups is 2. The zero-order valence-electron chi connectivity index (χ0n) is 14.5. The molecule has 4 rings (SSSR count). The molecule has 138 valence electrons. The van der Waals surface area contributed by atoms with Gasteiger partial charge in [0, 0.05) is 31.1 Å². The molecule has 0 atom stereocenters. The van der Waals surface area contributed by atoms with Crippen molar-refractivity contribution in [3.8, 4) is 0 Å². The molecule has 4 heterocycles. The third-order valence-electron chi connectivity index (χ3n) is 4.38. The number of thiazole rings is 1. The average Bonchev–Trinajstić information content (AvgIpc) is 3.32. The Kier molecular flexibility index (Phi) is 4.36. The highest BCUT2D eigenvalue weighted by Gasteiger charge is 2.26. The Morgan fingerprint density at radius 3 is 2.96 bits per heavy atom. The molecule has 0 unspecified atom stereocenters. The first kappa shape index (κ1) is 17.2. The van der Waals surface area contributed by atoms with Gasteiger partial charge >= 0.3 is 0 Å². The Hall–Kier alpha value is -3.20. The van der Waals surface area contributed by atoms with Crippen LogP contribution in [0.4, 0.5) is 5.13 Å². The maximum Gasteiger partial charge on any atom is 0.263 e. The molecule has 0 radical (unpaired) electrons. The third-order valence-corrected chi connectivity index (χ3v) is 5.37. The van der Waals surface area contributed by atoms with Crippen LogP contribution in [0.3, 0.4) is 0 Å². The second kappa shape index (κ2) is 6.84. The van der Waals surface area contributed by atoms with Gasteiger partial charge in [-0.25, -0.2) is 4.98 Å². The first-order valence-corrected chi connectivity index (χ1v) is 9.11. The van der Waals surface area contributed by atoms with Gasteiger partial charge < -0.3 is 13.9 Å². The second-order valence-corrected chi connectivity index (χ2v) is 7.25. The second-order valence-electron chi connectivity index (χ2n) is 6.17. The van der Waals surface area contributed by atoms with Crippen molar-refractivity contribution < 1.29 is 14.0 Å². The van der Waals surface area contributed by atoms with Crippen LogP contribution in [0, 0.1) is 0 Å². The van der Waals surface area contributed by atoms with Crippen LogP contribution in [0.1, 0.15) is 31.3 Å². The van der Waals surface area contributed by atoms with E-state index < -0.39 is 0 Å². The Labute approximate surface area is 158 Å². The third kappa shape index (κ3) is 3.28. The number of aromatic nitrogens is 2. The molecule has 27 heavy (non-hydrogen) atoms.